The first-order valence-corrected chi connectivity index (χ1v) is 7.98. The Bertz CT molecular complexity index is 486. The Morgan fingerprint density at radius 2 is 2.29 bits per heavy atom. The first kappa shape index (κ1) is 14.7. The Morgan fingerprint density at radius 1 is 1.38 bits per heavy atom. The first-order chi connectivity index (χ1) is 10.3. The fraction of sp³-hybridized carbons (Fsp3) is 0.750. The smallest absolute Gasteiger partial charge is 0.162 e. The zero-order valence-corrected chi connectivity index (χ0v) is 12.7. The SMILES string of the molecule is COCc1cc(CN2CCCC2C2CCCCC2=O)no1. The molecule has 1 aromatic heterocycles. The predicted molar refractivity (Wildman–Crippen MR) is 77.6 cm³/mol. The number of methoxy groups -OCH3 is 1. The zero-order valence-electron chi connectivity index (χ0n) is 12.7. The van der Waals surface area contributed by atoms with Crippen molar-refractivity contribution in [3.05, 3.63) is 17.5 Å². The van der Waals surface area contributed by atoms with E-state index in [0.29, 0.717) is 18.4 Å². The number of carbonyl (C=O) groups excluding carboxylic acids is 1. The molecule has 5 nitrogen and oxygen atoms in total. The van der Waals surface area contributed by atoms with E-state index in [-0.39, 0.29) is 5.92 Å². The number of hydrogen-bond donors (Lipinski definition) is 0. The van der Waals surface area contributed by atoms with Crippen molar-refractivity contribution in [2.75, 3.05) is 13.7 Å². The molecule has 2 aliphatic rings. The van der Waals surface area contributed by atoms with E-state index < -0.39 is 0 Å². The fourth-order valence-electron chi connectivity index (χ4n) is 3.77. The summed E-state index contributed by atoms with van der Waals surface area (Å²) >= 11 is 0. The number of Topliss-reactive ketones (excluding diaryl/α,β-unsaturated/α-hetero) is 1. The second-order valence-electron chi connectivity index (χ2n) is 6.22. The summed E-state index contributed by atoms with van der Waals surface area (Å²) in [5, 5.41) is 4.12. The molecule has 1 aliphatic heterocycles. The molecule has 0 aromatic carbocycles. The lowest BCUT2D eigenvalue weighted by molar-refractivity contribution is -0.126. The minimum Gasteiger partial charge on any atom is -0.377 e. The number of ketones is 1. The first-order valence-electron chi connectivity index (χ1n) is 7.98. The van der Waals surface area contributed by atoms with Crippen LogP contribution >= 0.6 is 0 Å². The molecule has 1 aromatic rings. The van der Waals surface area contributed by atoms with Gasteiger partial charge in [-0.1, -0.05) is 11.6 Å². The van der Waals surface area contributed by atoms with Crippen LogP contribution in [-0.2, 0) is 22.7 Å². The van der Waals surface area contributed by atoms with E-state index in [1.54, 1.807) is 7.11 Å². The Labute approximate surface area is 125 Å². The van der Waals surface area contributed by atoms with Gasteiger partial charge in [0.15, 0.2) is 5.76 Å². The molecule has 0 amide bonds. The van der Waals surface area contributed by atoms with Crippen LogP contribution in [0, 0.1) is 5.92 Å². The summed E-state index contributed by atoms with van der Waals surface area (Å²) < 4.78 is 10.3. The number of hydrogen-bond acceptors (Lipinski definition) is 5. The Kier molecular flexibility index (Phi) is 4.70. The zero-order chi connectivity index (χ0) is 14.7. The van der Waals surface area contributed by atoms with Crippen molar-refractivity contribution < 1.29 is 14.1 Å². The minimum atomic E-state index is 0.242. The van der Waals surface area contributed by atoms with Gasteiger partial charge in [-0.25, -0.2) is 0 Å². The highest BCUT2D eigenvalue weighted by atomic mass is 16.5. The number of rotatable bonds is 5. The summed E-state index contributed by atoms with van der Waals surface area (Å²) in [6.07, 6.45) is 6.43. The standard InChI is InChI=1S/C16H24N2O3/c1-20-11-13-9-12(17-21-13)10-18-8-4-6-15(18)14-5-2-3-7-16(14)19/h9,14-15H,2-8,10-11H2,1H3. The Hall–Kier alpha value is -1.20. The molecule has 0 bridgehead atoms. The van der Waals surface area contributed by atoms with Crippen molar-refractivity contribution >= 4 is 5.78 Å². The minimum absolute atomic E-state index is 0.242. The summed E-state index contributed by atoms with van der Waals surface area (Å²) in [7, 11) is 1.65. The van der Waals surface area contributed by atoms with Crippen molar-refractivity contribution in [2.45, 2.75) is 57.7 Å². The molecule has 5 heteroatoms. The van der Waals surface area contributed by atoms with Crippen molar-refractivity contribution in [2.24, 2.45) is 5.92 Å². The quantitative estimate of drug-likeness (QED) is 0.834. The third-order valence-corrected chi connectivity index (χ3v) is 4.74. The molecular weight excluding hydrogens is 268 g/mol. The van der Waals surface area contributed by atoms with Crippen LogP contribution in [0.15, 0.2) is 10.6 Å². The molecule has 0 spiro atoms. The van der Waals surface area contributed by atoms with Crippen molar-refractivity contribution in [1.29, 1.82) is 0 Å². The molecule has 0 N–H and O–H groups in total. The lowest BCUT2D eigenvalue weighted by Gasteiger charge is -2.32. The molecule has 1 aliphatic carbocycles. The van der Waals surface area contributed by atoms with Crippen LogP contribution in [0.2, 0.25) is 0 Å². The topological polar surface area (TPSA) is 55.6 Å². The van der Waals surface area contributed by atoms with Gasteiger partial charge < -0.3 is 9.26 Å². The average Bonchev–Trinajstić information content (AvgIpc) is 3.10. The van der Waals surface area contributed by atoms with Gasteiger partial charge in [-0.3, -0.25) is 9.69 Å². The molecule has 2 fully saturated rings. The van der Waals surface area contributed by atoms with Crippen LogP contribution in [0.3, 0.4) is 0 Å². The fourth-order valence-corrected chi connectivity index (χ4v) is 3.77. The number of likely N-dealkylation sites (tertiary alicyclic amines) is 1. The second kappa shape index (κ2) is 6.71. The summed E-state index contributed by atoms with van der Waals surface area (Å²) in [5.74, 6) is 1.47. The number of ether oxygens (including phenoxy) is 1. The van der Waals surface area contributed by atoms with Crippen LogP contribution in [0.25, 0.3) is 0 Å². The molecule has 0 radical (unpaired) electrons. The van der Waals surface area contributed by atoms with Crippen molar-refractivity contribution in [3.63, 3.8) is 0 Å². The molecule has 2 heterocycles. The van der Waals surface area contributed by atoms with Crippen molar-refractivity contribution in [3.8, 4) is 0 Å². The summed E-state index contributed by atoms with van der Waals surface area (Å²) in [4.78, 5) is 14.6. The van der Waals surface area contributed by atoms with E-state index in [1.807, 2.05) is 6.07 Å². The van der Waals surface area contributed by atoms with Crippen LogP contribution in [0.5, 0.6) is 0 Å². The molecular formula is C16H24N2O3. The lowest BCUT2D eigenvalue weighted by Crippen LogP contribution is -2.40. The number of nitrogens with zero attached hydrogens (tertiary/aromatic N) is 2. The van der Waals surface area contributed by atoms with Crippen LogP contribution in [0.1, 0.15) is 50.0 Å². The van der Waals surface area contributed by atoms with Crippen LogP contribution in [-0.4, -0.2) is 35.5 Å². The summed E-state index contributed by atoms with van der Waals surface area (Å²) in [6.45, 7) is 2.29. The molecule has 1 saturated carbocycles. The van der Waals surface area contributed by atoms with Gasteiger partial charge in [0, 0.05) is 38.1 Å². The highest BCUT2D eigenvalue weighted by Gasteiger charge is 2.36. The van der Waals surface area contributed by atoms with E-state index in [9.17, 15) is 4.79 Å². The molecule has 2 atom stereocenters. The highest BCUT2D eigenvalue weighted by Crippen LogP contribution is 2.33. The third-order valence-electron chi connectivity index (χ3n) is 4.74. The number of aromatic nitrogens is 1. The van der Waals surface area contributed by atoms with E-state index in [2.05, 4.69) is 10.1 Å². The van der Waals surface area contributed by atoms with E-state index in [0.717, 1.165) is 50.2 Å². The van der Waals surface area contributed by atoms with Gasteiger partial charge in [0.05, 0.1) is 5.69 Å². The summed E-state index contributed by atoms with van der Waals surface area (Å²) in [6, 6.07) is 2.36. The van der Waals surface area contributed by atoms with Gasteiger partial charge in [0.2, 0.25) is 0 Å². The highest BCUT2D eigenvalue weighted by molar-refractivity contribution is 5.82. The average molecular weight is 292 g/mol. The molecule has 21 heavy (non-hydrogen) atoms. The van der Waals surface area contributed by atoms with Crippen LogP contribution in [0.4, 0.5) is 0 Å². The summed E-state index contributed by atoms with van der Waals surface area (Å²) in [5.41, 5.74) is 0.942. The maximum absolute atomic E-state index is 12.2. The van der Waals surface area contributed by atoms with E-state index in [1.165, 1.54) is 12.8 Å². The molecule has 1 saturated heterocycles. The van der Waals surface area contributed by atoms with E-state index >= 15 is 0 Å². The van der Waals surface area contributed by atoms with Gasteiger partial charge in [-0.15, -0.1) is 0 Å². The molecule has 2 unspecified atom stereocenters. The predicted octanol–water partition coefficient (Wildman–Crippen LogP) is 2.54. The largest absolute Gasteiger partial charge is 0.377 e. The second-order valence-corrected chi connectivity index (χ2v) is 6.22. The van der Waals surface area contributed by atoms with Crippen molar-refractivity contribution in [1.82, 2.24) is 10.1 Å². The van der Waals surface area contributed by atoms with Gasteiger partial charge in [-0.05, 0) is 32.2 Å². The third kappa shape index (κ3) is 3.35. The van der Waals surface area contributed by atoms with E-state index in [4.69, 9.17) is 9.26 Å². The van der Waals surface area contributed by atoms with Gasteiger partial charge in [0.25, 0.3) is 0 Å². The van der Waals surface area contributed by atoms with Crippen LogP contribution < -0.4 is 0 Å². The molecule has 3 rings (SSSR count). The lowest BCUT2D eigenvalue weighted by atomic mass is 9.82. The monoisotopic (exact) mass is 292 g/mol. The normalized spacial score (nSPS) is 27.4. The van der Waals surface area contributed by atoms with Gasteiger partial charge in [0.1, 0.15) is 12.4 Å². The Balaban J connectivity index is 1.64. The maximum Gasteiger partial charge on any atom is 0.162 e. The molecule has 116 valence electrons. The maximum atomic E-state index is 12.2. The number of carbonyl (C=O) groups is 1. The van der Waals surface area contributed by atoms with Gasteiger partial charge >= 0.3 is 0 Å². The van der Waals surface area contributed by atoms with Gasteiger partial charge in [-0.2, -0.15) is 0 Å². The Morgan fingerprint density at radius 3 is 3.10 bits per heavy atom.